The molecule has 3 atom stereocenters. The third-order valence-electron chi connectivity index (χ3n) is 6.55. The van der Waals surface area contributed by atoms with E-state index in [-0.39, 0.29) is 11.3 Å². The molecule has 2 N–H and O–H groups in total. The summed E-state index contributed by atoms with van der Waals surface area (Å²) in [5.74, 6) is 4.64. The summed E-state index contributed by atoms with van der Waals surface area (Å²) in [7, 11) is 0. The normalized spacial score (nSPS) is 33.0. The molecule has 0 aromatic carbocycles. The van der Waals surface area contributed by atoms with E-state index in [4.69, 9.17) is 0 Å². The van der Waals surface area contributed by atoms with Gasteiger partial charge in [0.25, 0.3) is 5.60 Å². The van der Waals surface area contributed by atoms with Crippen LogP contribution in [0.2, 0.25) is 0 Å². The Kier molecular flexibility index (Phi) is 4.68. The molecule has 0 aromatic heterocycles. The van der Waals surface area contributed by atoms with Gasteiger partial charge in [-0.1, -0.05) is 24.8 Å². The first-order chi connectivity index (χ1) is 12.3. The summed E-state index contributed by atoms with van der Waals surface area (Å²) in [6, 6.07) is 0. The van der Waals surface area contributed by atoms with Gasteiger partial charge in [0, 0.05) is 0 Å². The Morgan fingerprint density at radius 1 is 1.11 bits per heavy atom. The minimum absolute atomic E-state index is 0.0165. The first kappa shape index (κ1) is 20.5. The van der Waals surface area contributed by atoms with Crippen LogP contribution in [0.4, 0.5) is 26.3 Å². The molecule has 2 fully saturated rings. The summed E-state index contributed by atoms with van der Waals surface area (Å²) in [5.41, 5.74) is -4.94. The van der Waals surface area contributed by atoms with Crippen LogP contribution in [0.1, 0.15) is 51.9 Å². The summed E-state index contributed by atoms with van der Waals surface area (Å²) in [4.78, 5) is 0. The fourth-order valence-electron chi connectivity index (χ4n) is 4.75. The summed E-state index contributed by atoms with van der Waals surface area (Å²) in [6.07, 6.45) is -7.82. The van der Waals surface area contributed by atoms with Gasteiger partial charge in [-0.25, -0.2) is 0 Å². The van der Waals surface area contributed by atoms with Crippen LogP contribution in [0.15, 0.2) is 11.6 Å². The van der Waals surface area contributed by atoms with Crippen LogP contribution < -0.4 is 0 Å². The summed E-state index contributed by atoms with van der Waals surface area (Å²) >= 11 is 0. The molecule has 0 aliphatic heterocycles. The molecule has 0 radical (unpaired) electrons. The average molecular weight is 396 g/mol. The number of allylic oxidation sites excluding steroid dienone is 2. The quantitative estimate of drug-likeness (QED) is 0.410. The fourth-order valence-corrected chi connectivity index (χ4v) is 4.75. The largest absolute Gasteiger partial charge is 0.427 e. The second-order valence-corrected chi connectivity index (χ2v) is 8.25. The standard InChI is InChI=1S/C19H22F6O2/c1-15-7-2-4-13(26)12(15)5-6-14(15)16(10-11-16)8-3-9-17(27,18(20,21)22)19(23,24)25/h6,12-13,26-27H,2,4-5,7,9-11H2,1H3/t12-,13-,15+/m0/s1. The van der Waals surface area contributed by atoms with E-state index in [1.165, 1.54) is 0 Å². The molecule has 3 aliphatic rings. The van der Waals surface area contributed by atoms with Gasteiger partial charge in [-0.05, 0) is 55.4 Å². The second-order valence-electron chi connectivity index (χ2n) is 8.25. The van der Waals surface area contributed by atoms with Crippen LogP contribution >= 0.6 is 0 Å². The van der Waals surface area contributed by atoms with Gasteiger partial charge < -0.3 is 10.2 Å². The van der Waals surface area contributed by atoms with Crippen LogP contribution in [0.25, 0.3) is 0 Å². The van der Waals surface area contributed by atoms with Gasteiger partial charge in [0.05, 0.1) is 17.9 Å². The molecule has 0 bridgehead atoms. The minimum atomic E-state index is -5.85. The van der Waals surface area contributed by atoms with Crippen LogP contribution in [-0.2, 0) is 0 Å². The SMILES string of the molecule is C[C@@]12CCC[C@H](O)[C@@H]1CC=C2C1(C#CCC(O)(C(F)(F)F)C(F)(F)F)CC1. The monoisotopic (exact) mass is 396 g/mol. The van der Waals surface area contributed by atoms with Crippen molar-refractivity contribution in [1.29, 1.82) is 0 Å². The van der Waals surface area contributed by atoms with Gasteiger partial charge in [-0.3, -0.25) is 0 Å². The molecule has 152 valence electrons. The number of hydrogen-bond acceptors (Lipinski definition) is 2. The lowest BCUT2D eigenvalue weighted by Gasteiger charge is -2.43. The average Bonchev–Trinajstić information content (AvgIpc) is 3.19. The number of hydrogen-bond donors (Lipinski definition) is 2. The van der Waals surface area contributed by atoms with Crippen molar-refractivity contribution >= 4 is 0 Å². The van der Waals surface area contributed by atoms with Crippen LogP contribution in [-0.4, -0.2) is 34.3 Å². The van der Waals surface area contributed by atoms with Crippen molar-refractivity contribution < 1.29 is 36.6 Å². The zero-order chi connectivity index (χ0) is 20.3. The zero-order valence-corrected chi connectivity index (χ0v) is 14.8. The topological polar surface area (TPSA) is 40.5 Å². The zero-order valence-electron chi connectivity index (χ0n) is 14.8. The Hall–Kier alpha value is -1.20. The number of aliphatic hydroxyl groups excluding tert-OH is 1. The maximum atomic E-state index is 12.8. The second kappa shape index (κ2) is 6.15. The van der Waals surface area contributed by atoms with Crippen molar-refractivity contribution in [2.75, 3.05) is 0 Å². The van der Waals surface area contributed by atoms with Crippen molar-refractivity contribution in [3.05, 3.63) is 11.6 Å². The number of halogens is 6. The molecular weight excluding hydrogens is 374 g/mol. The number of fused-ring (bicyclic) bond motifs is 1. The minimum Gasteiger partial charge on any atom is -0.393 e. The Morgan fingerprint density at radius 3 is 2.22 bits per heavy atom. The molecule has 2 nitrogen and oxygen atoms in total. The molecule has 3 aliphatic carbocycles. The summed E-state index contributed by atoms with van der Waals surface area (Å²) in [6.45, 7) is 2.00. The van der Waals surface area contributed by atoms with Gasteiger partial charge >= 0.3 is 12.4 Å². The van der Waals surface area contributed by atoms with Gasteiger partial charge in [0.1, 0.15) is 0 Å². The Bertz CT molecular complexity index is 678. The first-order valence-electron chi connectivity index (χ1n) is 9.02. The van der Waals surface area contributed by atoms with Crippen LogP contribution in [0.5, 0.6) is 0 Å². The number of rotatable bonds is 2. The van der Waals surface area contributed by atoms with Crippen molar-refractivity contribution in [1.82, 2.24) is 0 Å². The van der Waals surface area contributed by atoms with Gasteiger partial charge in [-0.15, -0.1) is 0 Å². The summed E-state index contributed by atoms with van der Waals surface area (Å²) in [5, 5.41) is 19.5. The van der Waals surface area contributed by atoms with E-state index in [2.05, 4.69) is 5.92 Å². The Labute approximate surface area is 153 Å². The van der Waals surface area contributed by atoms with E-state index in [1.54, 1.807) is 0 Å². The molecule has 0 unspecified atom stereocenters. The van der Waals surface area contributed by atoms with Crippen molar-refractivity contribution in [2.24, 2.45) is 16.7 Å². The van der Waals surface area contributed by atoms with E-state index in [9.17, 15) is 36.6 Å². The van der Waals surface area contributed by atoms with Crippen molar-refractivity contribution in [3.8, 4) is 11.8 Å². The lowest BCUT2D eigenvalue weighted by molar-refractivity contribution is -0.366. The van der Waals surface area contributed by atoms with Crippen molar-refractivity contribution in [3.63, 3.8) is 0 Å². The Balaban J connectivity index is 1.83. The Morgan fingerprint density at radius 2 is 1.70 bits per heavy atom. The number of aliphatic hydroxyl groups is 2. The maximum Gasteiger partial charge on any atom is 0.427 e. The highest BCUT2D eigenvalue weighted by molar-refractivity contribution is 5.42. The molecule has 0 heterocycles. The van der Waals surface area contributed by atoms with Crippen LogP contribution in [0, 0.1) is 28.6 Å². The predicted octanol–water partition coefficient (Wildman–Crippen LogP) is 4.51. The summed E-state index contributed by atoms with van der Waals surface area (Å²) < 4.78 is 76.7. The molecule has 0 saturated heterocycles. The van der Waals surface area contributed by atoms with E-state index >= 15 is 0 Å². The predicted molar refractivity (Wildman–Crippen MR) is 85.3 cm³/mol. The molecule has 27 heavy (non-hydrogen) atoms. The van der Waals surface area contributed by atoms with Gasteiger partial charge in [0.15, 0.2) is 0 Å². The molecule has 0 spiro atoms. The van der Waals surface area contributed by atoms with E-state index in [0.29, 0.717) is 25.7 Å². The van der Waals surface area contributed by atoms with Gasteiger partial charge in [0.2, 0.25) is 0 Å². The molecule has 8 heteroatoms. The smallest absolute Gasteiger partial charge is 0.393 e. The third-order valence-corrected chi connectivity index (χ3v) is 6.55. The third kappa shape index (κ3) is 3.17. The van der Waals surface area contributed by atoms with E-state index in [1.807, 2.05) is 18.9 Å². The molecule has 2 saturated carbocycles. The molecule has 3 rings (SSSR count). The lowest BCUT2D eigenvalue weighted by atomic mass is 9.62. The molecule has 0 amide bonds. The fraction of sp³-hybridized carbons (Fsp3) is 0.789. The highest BCUT2D eigenvalue weighted by atomic mass is 19.4. The molecule has 0 aromatic rings. The lowest BCUT2D eigenvalue weighted by Crippen LogP contribution is -2.56. The molecular formula is C19H22F6O2. The van der Waals surface area contributed by atoms with Crippen molar-refractivity contribution in [2.45, 2.75) is 75.9 Å². The highest BCUT2D eigenvalue weighted by Crippen LogP contribution is 2.65. The van der Waals surface area contributed by atoms with Crippen LogP contribution in [0.3, 0.4) is 0 Å². The number of alkyl halides is 6. The maximum absolute atomic E-state index is 12.8. The van der Waals surface area contributed by atoms with E-state index < -0.39 is 35.9 Å². The first-order valence-corrected chi connectivity index (χ1v) is 9.02. The van der Waals surface area contributed by atoms with E-state index in [0.717, 1.165) is 18.4 Å². The highest BCUT2D eigenvalue weighted by Gasteiger charge is 2.70. The van der Waals surface area contributed by atoms with Gasteiger partial charge in [-0.2, -0.15) is 26.3 Å².